The van der Waals surface area contributed by atoms with E-state index in [1.807, 2.05) is 0 Å². The molecule has 0 heterocycles. The van der Waals surface area contributed by atoms with Crippen molar-refractivity contribution in [3.8, 4) is 11.5 Å². The van der Waals surface area contributed by atoms with Crippen molar-refractivity contribution in [2.45, 2.75) is 11.5 Å². The normalized spacial score (nSPS) is 11.2. The molecule has 0 unspecified atom stereocenters. The highest BCUT2D eigenvalue weighted by atomic mass is 32.2. The van der Waals surface area contributed by atoms with Crippen molar-refractivity contribution in [3.05, 3.63) is 65.1 Å². The van der Waals surface area contributed by atoms with E-state index in [0.29, 0.717) is 11.3 Å². The van der Waals surface area contributed by atoms with Gasteiger partial charge in [-0.25, -0.2) is 0 Å². The SMILES string of the molecule is COc1ccccc1COS(=O)(=O)c1cccc2c(O)c([N+]#N)ccc12. The van der Waals surface area contributed by atoms with E-state index in [1.54, 1.807) is 24.3 Å². The van der Waals surface area contributed by atoms with Crippen LogP contribution in [0.5, 0.6) is 11.5 Å². The van der Waals surface area contributed by atoms with Crippen LogP contribution in [0.3, 0.4) is 0 Å². The van der Waals surface area contributed by atoms with Crippen LogP contribution in [0.25, 0.3) is 15.7 Å². The van der Waals surface area contributed by atoms with Gasteiger partial charge in [0.05, 0.1) is 13.7 Å². The second-order valence-electron chi connectivity index (χ2n) is 5.41. The van der Waals surface area contributed by atoms with Crippen LogP contribution < -0.4 is 4.74 Å². The lowest BCUT2D eigenvalue weighted by atomic mass is 10.1. The number of phenols is 1. The highest BCUT2D eigenvalue weighted by molar-refractivity contribution is 7.87. The minimum Gasteiger partial charge on any atom is -0.501 e. The number of fused-ring (bicyclic) bond motifs is 1. The van der Waals surface area contributed by atoms with Gasteiger partial charge in [-0.05, 0) is 18.2 Å². The number of diazo groups is 1. The monoisotopic (exact) mass is 371 g/mol. The number of hydrogen-bond donors (Lipinski definition) is 1. The summed E-state index contributed by atoms with van der Waals surface area (Å²) in [6.45, 7) is -0.196. The first-order valence-corrected chi connectivity index (χ1v) is 9.00. The molecular weight excluding hydrogens is 356 g/mol. The predicted molar refractivity (Wildman–Crippen MR) is 95.3 cm³/mol. The fourth-order valence-corrected chi connectivity index (χ4v) is 3.73. The van der Waals surface area contributed by atoms with Gasteiger partial charge in [-0.1, -0.05) is 30.3 Å². The van der Waals surface area contributed by atoms with Crippen LogP contribution >= 0.6 is 0 Å². The Morgan fingerprint density at radius 2 is 1.81 bits per heavy atom. The molecule has 3 aromatic rings. The Balaban J connectivity index is 2.00. The quantitative estimate of drug-likeness (QED) is 0.538. The number of hydrogen-bond acceptors (Lipinski definition) is 6. The van der Waals surface area contributed by atoms with Crippen LogP contribution in [0.1, 0.15) is 5.56 Å². The largest absolute Gasteiger partial charge is 0.501 e. The average molecular weight is 371 g/mol. The van der Waals surface area contributed by atoms with Gasteiger partial charge in [0, 0.05) is 22.4 Å². The van der Waals surface area contributed by atoms with Crippen molar-refractivity contribution in [2.24, 2.45) is 0 Å². The number of aromatic hydroxyl groups is 1. The number of rotatable bonds is 5. The van der Waals surface area contributed by atoms with Gasteiger partial charge in [0.2, 0.25) is 11.1 Å². The predicted octanol–water partition coefficient (Wildman–Crippen LogP) is 3.94. The van der Waals surface area contributed by atoms with E-state index in [9.17, 15) is 13.5 Å². The minimum absolute atomic E-state index is 0.0537. The Bertz CT molecular complexity index is 1120. The second-order valence-corrected chi connectivity index (χ2v) is 7.00. The third kappa shape index (κ3) is 3.18. The summed E-state index contributed by atoms with van der Waals surface area (Å²) in [6, 6.07) is 14.1. The Labute approximate surface area is 150 Å². The lowest BCUT2D eigenvalue weighted by molar-refractivity contribution is 0.299. The van der Waals surface area contributed by atoms with E-state index >= 15 is 0 Å². The van der Waals surface area contributed by atoms with Crippen molar-refractivity contribution in [1.82, 2.24) is 0 Å². The van der Waals surface area contributed by atoms with Crippen LogP contribution in [0.4, 0.5) is 5.69 Å². The molecule has 0 aromatic heterocycles. The smallest absolute Gasteiger partial charge is 0.426 e. The zero-order chi connectivity index (χ0) is 18.7. The minimum atomic E-state index is -4.11. The maximum atomic E-state index is 12.7. The number of phenolic OH excluding ortho intramolecular Hbond substituents is 1. The van der Waals surface area contributed by atoms with Crippen LogP contribution in [-0.4, -0.2) is 20.6 Å². The summed E-state index contributed by atoms with van der Waals surface area (Å²) >= 11 is 0. The van der Waals surface area contributed by atoms with E-state index in [0.717, 1.165) is 0 Å². The molecule has 0 bridgehead atoms. The molecule has 132 valence electrons. The lowest BCUT2D eigenvalue weighted by Gasteiger charge is -2.11. The summed E-state index contributed by atoms with van der Waals surface area (Å²) in [6.07, 6.45) is 0. The van der Waals surface area contributed by atoms with Gasteiger partial charge in [0.1, 0.15) is 10.6 Å². The number of para-hydroxylation sites is 1. The van der Waals surface area contributed by atoms with Crippen LogP contribution in [0.15, 0.2) is 59.5 Å². The Morgan fingerprint density at radius 3 is 2.54 bits per heavy atom. The van der Waals surface area contributed by atoms with Gasteiger partial charge in [0.25, 0.3) is 10.1 Å². The number of nitrogens with zero attached hydrogens (tertiary/aromatic N) is 2. The topological polar surface area (TPSA) is 101 Å². The first-order chi connectivity index (χ1) is 12.5. The number of ether oxygens (including phenoxy) is 1. The van der Waals surface area contributed by atoms with E-state index in [4.69, 9.17) is 14.3 Å². The van der Waals surface area contributed by atoms with Crippen molar-refractivity contribution < 1.29 is 22.4 Å². The van der Waals surface area contributed by atoms with Gasteiger partial charge in [-0.3, -0.25) is 4.18 Å². The maximum absolute atomic E-state index is 12.7. The Hall–Kier alpha value is -3.15. The van der Waals surface area contributed by atoms with Crippen LogP contribution in [-0.2, 0) is 20.9 Å². The third-order valence-corrected chi connectivity index (χ3v) is 5.23. The van der Waals surface area contributed by atoms with Gasteiger partial charge in [-0.2, -0.15) is 8.42 Å². The highest BCUT2D eigenvalue weighted by Gasteiger charge is 2.23. The van der Waals surface area contributed by atoms with Gasteiger partial charge in [0.15, 0.2) is 4.98 Å². The fraction of sp³-hybridized carbons (Fsp3) is 0.111. The van der Waals surface area contributed by atoms with Crippen LogP contribution in [0, 0.1) is 5.39 Å². The lowest BCUT2D eigenvalue weighted by Crippen LogP contribution is -2.08. The van der Waals surface area contributed by atoms with Crippen molar-refractivity contribution in [2.75, 3.05) is 7.11 Å². The van der Waals surface area contributed by atoms with Crippen molar-refractivity contribution >= 4 is 26.6 Å². The van der Waals surface area contributed by atoms with Crippen LogP contribution in [0.2, 0.25) is 0 Å². The van der Waals surface area contributed by atoms with E-state index in [1.165, 1.54) is 37.4 Å². The fourth-order valence-electron chi connectivity index (χ4n) is 2.63. The molecule has 0 aliphatic carbocycles. The summed E-state index contributed by atoms with van der Waals surface area (Å²) in [5.41, 5.74) is 0.532. The van der Waals surface area contributed by atoms with Gasteiger partial charge >= 0.3 is 5.69 Å². The van der Waals surface area contributed by atoms with Gasteiger partial charge < -0.3 is 9.84 Å². The van der Waals surface area contributed by atoms with Crippen molar-refractivity contribution in [1.29, 1.82) is 5.39 Å². The summed E-state index contributed by atoms with van der Waals surface area (Å²) in [7, 11) is -2.62. The summed E-state index contributed by atoms with van der Waals surface area (Å²) in [5, 5.41) is 19.5. The number of benzene rings is 3. The molecule has 1 N–H and O–H groups in total. The molecule has 0 amide bonds. The first-order valence-electron chi connectivity index (χ1n) is 7.59. The molecule has 0 saturated heterocycles. The van der Waals surface area contributed by atoms with E-state index in [-0.39, 0.29) is 33.7 Å². The Morgan fingerprint density at radius 1 is 1.04 bits per heavy atom. The molecule has 3 rings (SSSR count). The standard InChI is InChI=1S/C18H14N2O5S/c1-24-16-7-3-2-5-12(16)11-25-26(22,23)17-8-4-6-14-13(17)9-10-15(20-19)18(14)21/h2-10H,11H2,1H3/p+1. The second kappa shape index (κ2) is 7.00. The average Bonchev–Trinajstić information content (AvgIpc) is 2.66. The van der Waals surface area contributed by atoms with E-state index < -0.39 is 10.1 Å². The molecule has 0 atom stereocenters. The molecule has 0 saturated carbocycles. The molecule has 0 aliphatic heterocycles. The molecular formula is C18H15N2O5S+. The summed E-state index contributed by atoms with van der Waals surface area (Å²) in [4.78, 5) is 2.87. The number of methoxy groups -OCH3 is 1. The zero-order valence-electron chi connectivity index (χ0n) is 13.8. The van der Waals surface area contributed by atoms with E-state index in [2.05, 4.69) is 4.98 Å². The zero-order valence-corrected chi connectivity index (χ0v) is 14.6. The highest BCUT2D eigenvalue weighted by Crippen LogP contribution is 2.37. The molecule has 0 spiro atoms. The molecule has 0 aliphatic rings. The third-order valence-electron chi connectivity index (χ3n) is 3.91. The van der Waals surface area contributed by atoms with Gasteiger partial charge in [-0.15, -0.1) is 0 Å². The molecule has 0 fully saturated rings. The first kappa shape index (κ1) is 17.7. The summed E-state index contributed by atoms with van der Waals surface area (Å²) < 4.78 is 35.7. The van der Waals surface area contributed by atoms with Crippen molar-refractivity contribution in [3.63, 3.8) is 0 Å². The molecule has 3 aromatic carbocycles. The maximum Gasteiger partial charge on any atom is 0.426 e. The molecule has 8 heteroatoms. The molecule has 0 radical (unpaired) electrons. The molecule has 7 nitrogen and oxygen atoms in total. The summed E-state index contributed by atoms with van der Waals surface area (Å²) in [5.74, 6) is 0.208. The Kier molecular flexibility index (Phi) is 4.75. The molecule has 26 heavy (non-hydrogen) atoms.